The van der Waals surface area contributed by atoms with Gasteiger partial charge in [-0.05, 0) is 49.9 Å². The monoisotopic (exact) mass is 282 g/mol. The molecule has 3 nitrogen and oxygen atoms in total. The number of aliphatic hydroxyl groups excluding tert-OH is 2. The fourth-order valence-corrected chi connectivity index (χ4v) is 3.48. The number of aryl methyl sites for hydroxylation is 2. The van der Waals surface area contributed by atoms with E-state index < -0.39 is 6.10 Å². The molecular weight excluding hydrogens is 260 g/mol. The van der Waals surface area contributed by atoms with Crippen molar-refractivity contribution in [2.24, 2.45) is 0 Å². The maximum absolute atomic E-state index is 11.7. The van der Waals surface area contributed by atoms with Gasteiger partial charge in [0.05, 0.1) is 12.7 Å². The Balaban J connectivity index is 2.95. The molecule has 0 aliphatic heterocycles. The molecule has 0 aliphatic rings. The van der Waals surface area contributed by atoms with Crippen LogP contribution in [0.25, 0.3) is 0 Å². The molecule has 0 heterocycles. The van der Waals surface area contributed by atoms with Gasteiger partial charge < -0.3 is 10.2 Å². The minimum absolute atomic E-state index is 0.0941. The molecule has 1 atom stereocenters. The van der Waals surface area contributed by atoms with Gasteiger partial charge >= 0.3 is 0 Å². The highest BCUT2D eigenvalue weighted by atomic mass is 32.2. The Morgan fingerprint density at radius 3 is 2.47 bits per heavy atom. The number of hydrogen-bond acceptors (Lipinski definition) is 4. The van der Waals surface area contributed by atoms with E-state index in [-0.39, 0.29) is 12.4 Å². The second-order valence-corrected chi connectivity index (χ2v) is 5.93. The second-order valence-electron chi connectivity index (χ2n) is 4.90. The normalized spacial score (nSPS) is 12.5. The van der Waals surface area contributed by atoms with E-state index in [0.717, 1.165) is 28.0 Å². The predicted octanol–water partition coefficient (Wildman–Crippen LogP) is 2.40. The van der Waals surface area contributed by atoms with Gasteiger partial charge in [-0.3, -0.25) is 4.79 Å². The number of aliphatic hydroxyl groups is 2. The number of benzene rings is 1. The lowest BCUT2D eigenvalue weighted by Gasteiger charge is -2.16. The van der Waals surface area contributed by atoms with Gasteiger partial charge in [-0.2, -0.15) is 11.8 Å². The van der Waals surface area contributed by atoms with E-state index in [1.807, 2.05) is 26.8 Å². The summed E-state index contributed by atoms with van der Waals surface area (Å²) in [5.41, 5.74) is 5.20. The Hall–Kier alpha value is -0.840. The molecule has 0 saturated heterocycles. The van der Waals surface area contributed by atoms with Crippen LogP contribution in [0.1, 0.15) is 39.5 Å². The van der Waals surface area contributed by atoms with E-state index in [1.54, 1.807) is 18.7 Å². The quantitative estimate of drug-likeness (QED) is 0.787. The van der Waals surface area contributed by atoms with E-state index in [1.165, 1.54) is 5.56 Å². The summed E-state index contributed by atoms with van der Waals surface area (Å²) in [5, 5.41) is 18.1. The van der Waals surface area contributed by atoms with Crippen LogP contribution in [0, 0.1) is 20.8 Å². The van der Waals surface area contributed by atoms with Crippen molar-refractivity contribution in [1.29, 1.82) is 0 Å². The van der Waals surface area contributed by atoms with Crippen LogP contribution >= 0.6 is 11.8 Å². The first kappa shape index (κ1) is 16.2. The zero-order valence-electron chi connectivity index (χ0n) is 12.0. The lowest BCUT2D eigenvalue weighted by atomic mass is 9.92. The molecule has 1 rings (SSSR count). The van der Waals surface area contributed by atoms with Crippen LogP contribution in [0.4, 0.5) is 0 Å². The van der Waals surface area contributed by atoms with Crippen LogP contribution in [-0.2, 0) is 5.75 Å². The Labute approximate surface area is 119 Å². The second kappa shape index (κ2) is 7.08. The van der Waals surface area contributed by atoms with Crippen molar-refractivity contribution >= 4 is 17.5 Å². The van der Waals surface area contributed by atoms with Crippen molar-refractivity contribution in [2.45, 2.75) is 39.6 Å². The van der Waals surface area contributed by atoms with Crippen molar-refractivity contribution in [3.8, 4) is 0 Å². The highest BCUT2D eigenvalue weighted by molar-refractivity contribution is 7.98. The number of hydrogen-bond donors (Lipinski definition) is 2. The first-order valence-electron chi connectivity index (χ1n) is 6.35. The highest BCUT2D eigenvalue weighted by Gasteiger charge is 2.14. The molecule has 106 valence electrons. The van der Waals surface area contributed by atoms with Crippen LogP contribution in [0.3, 0.4) is 0 Å². The minimum atomic E-state index is -0.677. The maximum Gasteiger partial charge on any atom is 0.160 e. The van der Waals surface area contributed by atoms with E-state index in [2.05, 4.69) is 0 Å². The summed E-state index contributed by atoms with van der Waals surface area (Å²) in [4.78, 5) is 11.7. The van der Waals surface area contributed by atoms with Gasteiger partial charge in [-0.25, -0.2) is 0 Å². The number of carbonyl (C=O) groups excluding carboxylic acids is 1. The average Bonchev–Trinajstić information content (AvgIpc) is 2.31. The number of thioether (sulfide) groups is 1. The summed E-state index contributed by atoms with van der Waals surface area (Å²) < 4.78 is 0. The molecule has 1 aromatic carbocycles. The van der Waals surface area contributed by atoms with Crippen molar-refractivity contribution in [2.75, 3.05) is 12.4 Å². The summed E-state index contributed by atoms with van der Waals surface area (Å²) in [6.45, 7) is 7.37. The number of Topliss-reactive ketones (excluding diaryl/α,β-unsaturated/α-hetero) is 1. The highest BCUT2D eigenvalue weighted by Crippen LogP contribution is 2.26. The van der Waals surface area contributed by atoms with Crippen LogP contribution in [0.2, 0.25) is 0 Å². The zero-order valence-corrected chi connectivity index (χ0v) is 12.8. The Morgan fingerprint density at radius 1 is 1.32 bits per heavy atom. The molecule has 0 aromatic heterocycles. The molecule has 0 amide bonds. The summed E-state index contributed by atoms with van der Waals surface area (Å²) in [7, 11) is 0. The van der Waals surface area contributed by atoms with Gasteiger partial charge in [-0.1, -0.05) is 6.07 Å². The lowest BCUT2D eigenvalue weighted by Crippen LogP contribution is -2.15. The molecular formula is C15H22O3S. The number of rotatable bonds is 6. The first-order chi connectivity index (χ1) is 8.88. The SMILES string of the molecule is CC(=O)c1c(C)cc(C)c(CSC[C@H](O)CO)c1C. The standard InChI is InChI=1S/C15H22O3S/c1-9-5-10(2)15(12(4)17)11(3)14(9)8-19-7-13(18)6-16/h5,13,16,18H,6-8H2,1-4H3/t13-/m1/s1. The maximum atomic E-state index is 11.7. The summed E-state index contributed by atoms with van der Waals surface area (Å²) in [6.07, 6.45) is -0.677. The number of carbonyl (C=O) groups is 1. The van der Waals surface area contributed by atoms with Gasteiger partial charge in [-0.15, -0.1) is 0 Å². The topological polar surface area (TPSA) is 57.5 Å². The third-order valence-electron chi connectivity index (χ3n) is 3.25. The molecule has 4 heteroatoms. The summed E-state index contributed by atoms with van der Waals surface area (Å²) >= 11 is 1.57. The first-order valence-corrected chi connectivity index (χ1v) is 7.51. The summed E-state index contributed by atoms with van der Waals surface area (Å²) in [5.74, 6) is 1.34. The van der Waals surface area contributed by atoms with E-state index in [0.29, 0.717) is 5.75 Å². The number of ketones is 1. The van der Waals surface area contributed by atoms with E-state index in [9.17, 15) is 9.90 Å². The molecule has 0 fully saturated rings. The zero-order chi connectivity index (χ0) is 14.6. The molecule has 0 radical (unpaired) electrons. The van der Waals surface area contributed by atoms with Crippen molar-refractivity contribution < 1.29 is 15.0 Å². The molecule has 1 aromatic rings. The van der Waals surface area contributed by atoms with Crippen LogP contribution in [0.5, 0.6) is 0 Å². The molecule has 0 aliphatic carbocycles. The molecule has 0 spiro atoms. The van der Waals surface area contributed by atoms with Crippen LogP contribution in [-0.4, -0.2) is 34.5 Å². The predicted molar refractivity (Wildman–Crippen MR) is 79.9 cm³/mol. The Morgan fingerprint density at radius 2 is 1.95 bits per heavy atom. The Bertz CT molecular complexity index is 469. The van der Waals surface area contributed by atoms with Gasteiger partial charge in [0.25, 0.3) is 0 Å². The van der Waals surface area contributed by atoms with Crippen LogP contribution < -0.4 is 0 Å². The van der Waals surface area contributed by atoms with Gasteiger partial charge in [0.15, 0.2) is 5.78 Å². The van der Waals surface area contributed by atoms with Crippen LogP contribution in [0.15, 0.2) is 6.07 Å². The largest absolute Gasteiger partial charge is 0.394 e. The van der Waals surface area contributed by atoms with Gasteiger partial charge in [0.2, 0.25) is 0 Å². The smallest absolute Gasteiger partial charge is 0.160 e. The third kappa shape index (κ3) is 4.06. The summed E-state index contributed by atoms with van der Waals surface area (Å²) in [6, 6.07) is 2.04. The fourth-order valence-electron chi connectivity index (χ4n) is 2.34. The van der Waals surface area contributed by atoms with Crippen molar-refractivity contribution in [1.82, 2.24) is 0 Å². The van der Waals surface area contributed by atoms with E-state index >= 15 is 0 Å². The average molecular weight is 282 g/mol. The van der Waals surface area contributed by atoms with Crippen molar-refractivity contribution in [3.05, 3.63) is 33.9 Å². The molecule has 19 heavy (non-hydrogen) atoms. The van der Waals surface area contributed by atoms with Crippen molar-refractivity contribution in [3.63, 3.8) is 0 Å². The molecule has 0 unspecified atom stereocenters. The van der Waals surface area contributed by atoms with Gasteiger partial charge in [0.1, 0.15) is 0 Å². The van der Waals surface area contributed by atoms with E-state index in [4.69, 9.17) is 5.11 Å². The third-order valence-corrected chi connectivity index (χ3v) is 4.36. The molecule has 0 saturated carbocycles. The molecule has 0 bridgehead atoms. The minimum Gasteiger partial charge on any atom is -0.394 e. The van der Waals surface area contributed by atoms with Gasteiger partial charge in [0, 0.05) is 17.1 Å². The fraction of sp³-hybridized carbons (Fsp3) is 0.533. The molecule has 2 N–H and O–H groups in total. The lowest BCUT2D eigenvalue weighted by molar-refractivity contribution is 0.101. The Kier molecular flexibility index (Phi) is 6.04.